The largest absolute Gasteiger partial charge is 0.416 e. The third-order valence-corrected chi connectivity index (χ3v) is 9.25. The van der Waals surface area contributed by atoms with Gasteiger partial charge in [0.15, 0.2) is 0 Å². The Bertz CT molecular complexity index is 1070. The van der Waals surface area contributed by atoms with Crippen LogP contribution >= 0.6 is 11.8 Å². The Labute approximate surface area is 233 Å². The number of anilines is 1. The predicted molar refractivity (Wildman–Crippen MR) is 150 cm³/mol. The molecule has 0 spiro atoms. The summed E-state index contributed by atoms with van der Waals surface area (Å²) in [6, 6.07) is 12.1. The minimum atomic E-state index is -4.33. The average molecular weight is 562 g/mol. The van der Waals surface area contributed by atoms with Crippen molar-refractivity contribution >= 4 is 23.4 Å². The zero-order valence-electron chi connectivity index (χ0n) is 22.4. The molecule has 3 aliphatic rings. The van der Waals surface area contributed by atoms with E-state index in [1.54, 1.807) is 6.07 Å². The number of thioether (sulfide) groups is 1. The lowest BCUT2D eigenvalue weighted by Gasteiger charge is -2.47. The van der Waals surface area contributed by atoms with Gasteiger partial charge in [0.25, 0.3) is 0 Å². The number of rotatable bonds is 7. The highest BCUT2D eigenvalue weighted by Crippen LogP contribution is 2.33. The van der Waals surface area contributed by atoms with Gasteiger partial charge in [0.05, 0.1) is 11.3 Å². The Morgan fingerprint density at radius 1 is 0.974 bits per heavy atom. The number of hydrogen-bond donors (Lipinski definition) is 0. The second kappa shape index (κ2) is 12.9. The van der Waals surface area contributed by atoms with E-state index >= 15 is 0 Å². The summed E-state index contributed by atoms with van der Waals surface area (Å²) in [4.78, 5) is 26.6. The quantitative estimate of drug-likeness (QED) is 0.497. The van der Waals surface area contributed by atoms with Crippen molar-refractivity contribution in [3.05, 3.63) is 59.9 Å². The topological polar surface area (TPSA) is 42.9 Å². The average Bonchev–Trinajstić information content (AvgIpc) is 2.97. The molecule has 3 saturated heterocycles. The Kier molecular flexibility index (Phi) is 9.35. The number of carbonyl (C=O) groups is 1. The Balaban J connectivity index is 1.22. The van der Waals surface area contributed by atoms with Crippen molar-refractivity contribution in [2.45, 2.75) is 38.0 Å². The smallest absolute Gasteiger partial charge is 0.369 e. The Morgan fingerprint density at radius 3 is 2.49 bits per heavy atom. The normalized spacial score (nSPS) is 23.7. The maximum atomic E-state index is 13.2. The van der Waals surface area contributed by atoms with E-state index in [4.69, 9.17) is 0 Å². The van der Waals surface area contributed by atoms with Crippen LogP contribution in [0.25, 0.3) is 0 Å². The van der Waals surface area contributed by atoms with E-state index in [1.165, 1.54) is 12.1 Å². The van der Waals surface area contributed by atoms with E-state index < -0.39 is 11.7 Å². The van der Waals surface area contributed by atoms with Crippen LogP contribution in [-0.2, 0) is 17.5 Å². The van der Waals surface area contributed by atoms with Gasteiger partial charge >= 0.3 is 6.18 Å². The summed E-state index contributed by atoms with van der Waals surface area (Å²) < 4.78 is 39.7. The Hall–Kier alpha value is -2.30. The lowest BCUT2D eigenvalue weighted by molar-refractivity contribution is -0.137. The van der Waals surface area contributed by atoms with Gasteiger partial charge in [-0.2, -0.15) is 24.9 Å². The Morgan fingerprint density at radius 2 is 1.77 bits per heavy atom. The van der Waals surface area contributed by atoms with E-state index in [0.29, 0.717) is 37.2 Å². The number of likely N-dealkylation sites (tertiary alicyclic amines) is 1. The van der Waals surface area contributed by atoms with Crippen LogP contribution in [0.3, 0.4) is 0 Å². The highest BCUT2D eigenvalue weighted by Gasteiger charge is 2.36. The van der Waals surface area contributed by atoms with Crippen molar-refractivity contribution in [2.24, 2.45) is 5.92 Å². The van der Waals surface area contributed by atoms with Gasteiger partial charge in [-0.25, -0.2) is 0 Å². The van der Waals surface area contributed by atoms with Crippen molar-refractivity contribution in [3.8, 4) is 0 Å². The summed E-state index contributed by atoms with van der Waals surface area (Å²) >= 11 is 1.91. The number of nitrogens with zero attached hydrogens (tertiary/aromatic N) is 5. The molecule has 39 heavy (non-hydrogen) atoms. The van der Waals surface area contributed by atoms with Gasteiger partial charge in [-0.05, 0) is 49.1 Å². The number of alkyl halides is 3. The molecule has 0 bridgehead atoms. The van der Waals surface area contributed by atoms with Gasteiger partial charge in [0.1, 0.15) is 0 Å². The van der Waals surface area contributed by atoms with Crippen molar-refractivity contribution in [2.75, 3.05) is 68.8 Å². The monoisotopic (exact) mass is 561 g/mol. The number of aromatic nitrogens is 1. The van der Waals surface area contributed by atoms with Crippen molar-refractivity contribution in [1.29, 1.82) is 0 Å². The fraction of sp³-hybridized carbons (Fsp3) is 0.586. The lowest BCUT2D eigenvalue weighted by Crippen LogP contribution is -2.56. The number of pyridine rings is 1. The second-order valence-electron chi connectivity index (χ2n) is 10.8. The number of piperazine rings is 1. The summed E-state index contributed by atoms with van der Waals surface area (Å²) in [6.07, 6.45) is -0.0411. The maximum Gasteiger partial charge on any atom is 0.416 e. The molecule has 6 nitrogen and oxygen atoms in total. The molecule has 212 valence electrons. The standard InChI is InChI=1S/C29H38F3N5OS/c30-29(31,32)24-4-3-6-26(20-24)35-12-14-36(15-13-35)27-9-11-34(22-25-5-1-2-10-33-25)21-23(27)7-8-28(38)37-16-18-39-19-17-37/h1-6,10,20,23,27H,7-9,11-19,21-22H2/t23-,27+/m1/s1. The molecule has 0 radical (unpaired) electrons. The van der Waals surface area contributed by atoms with Gasteiger partial charge in [-0.3, -0.25) is 19.6 Å². The van der Waals surface area contributed by atoms with Crippen LogP contribution in [0.2, 0.25) is 0 Å². The molecule has 1 aromatic heterocycles. The fourth-order valence-electron chi connectivity index (χ4n) is 6.19. The number of piperidine rings is 1. The molecular weight excluding hydrogens is 523 g/mol. The van der Waals surface area contributed by atoms with E-state index in [1.807, 2.05) is 35.0 Å². The first-order chi connectivity index (χ1) is 18.9. The van der Waals surface area contributed by atoms with Crippen LogP contribution in [0.5, 0.6) is 0 Å². The highest BCUT2D eigenvalue weighted by atomic mass is 32.2. The molecule has 0 aliphatic carbocycles. The van der Waals surface area contributed by atoms with Crippen LogP contribution in [0, 0.1) is 5.92 Å². The van der Waals surface area contributed by atoms with Crippen LogP contribution < -0.4 is 4.90 Å². The predicted octanol–water partition coefficient (Wildman–Crippen LogP) is 4.47. The number of amides is 1. The number of hydrogen-bond acceptors (Lipinski definition) is 6. The molecule has 4 heterocycles. The molecule has 3 aliphatic heterocycles. The van der Waals surface area contributed by atoms with E-state index in [-0.39, 0.29) is 5.91 Å². The summed E-state index contributed by atoms with van der Waals surface area (Å²) in [5.41, 5.74) is 1.10. The molecule has 3 fully saturated rings. The van der Waals surface area contributed by atoms with Crippen LogP contribution in [0.15, 0.2) is 48.7 Å². The summed E-state index contributed by atoms with van der Waals surface area (Å²) in [5.74, 6) is 2.67. The molecule has 1 amide bonds. The lowest BCUT2D eigenvalue weighted by atomic mass is 9.86. The third-order valence-electron chi connectivity index (χ3n) is 8.30. The summed E-state index contributed by atoms with van der Waals surface area (Å²) in [6.45, 7) is 7.44. The van der Waals surface area contributed by atoms with Crippen molar-refractivity contribution in [1.82, 2.24) is 19.7 Å². The van der Waals surface area contributed by atoms with Gasteiger partial charge in [-0.15, -0.1) is 0 Å². The van der Waals surface area contributed by atoms with Gasteiger partial charge in [0, 0.05) is 94.8 Å². The van der Waals surface area contributed by atoms with Gasteiger partial charge < -0.3 is 9.80 Å². The van der Waals surface area contributed by atoms with E-state index in [2.05, 4.69) is 25.8 Å². The van der Waals surface area contributed by atoms with E-state index in [0.717, 1.165) is 81.9 Å². The second-order valence-corrected chi connectivity index (χ2v) is 12.0. The zero-order chi connectivity index (χ0) is 27.2. The SMILES string of the molecule is O=C(CC[C@@H]1CN(Cc2ccccn2)CC[C@@H]1N1CCN(c2cccc(C(F)(F)F)c2)CC1)N1CCSCC1. The molecule has 0 N–H and O–H groups in total. The number of halogens is 3. The minimum absolute atomic E-state index is 0.269. The van der Waals surface area contributed by atoms with Crippen molar-refractivity contribution < 1.29 is 18.0 Å². The van der Waals surface area contributed by atoms with Crippen LogP contribution in [0.1, 0.15) is 30.5 Å². The first kappa shape index (κ1) is 28.2. The van der Waals surface area contributed by atoms with E-state index in [9.17, 15) is 18.0 Å². The first-order valence-corrected chi connectivity index (χ1v) is 15.2. The summed E-state index contributed by atoms with van der Waals surface area (Å²) in [5, 5.41) is 0. The first-order valence-electron chi connectivity index (χ1n) is 14.0. The molecule has 1 aromatic carbocycles. The molecule has 0 unspecified atom stereocenters. The zero-order valence-corrected chi connectivity index (χ0v) is 23.2. The number of carbonyl (C=O) groups excluding carboxylic acids is 1. The van der Waals surface area contributed by atoms with Gasteiger partial charge in [0.2, 0.25) is 5.91 Å². The minimum Gasteiger partial charge on any atom is -0.369 e. The molecule has 10 heteroatoms. The van der Waals surface area contributed by atoms with Gasteiger partial charge in [-0.1, -0.05) is 12.1 Å². The maximum absolute atomic E-state index is 13.2. The number of benzene rings is 1. The molecule has 0 saturated carbocycles. The highest BCUT2D eigenvalue weighted by molar-refractivity contribution is 7.99. The van der Waals surface area contributed by atoms with Crippen LogP contribution in [0.4, 0.5) is 18.9 Å². The molecule has 5 rings (SSSR count). The van der Waals surface area contributed by atoms with Crippen molar-refractivity contribution in [3.63, 3.8) is 0 Å². The molecule has 2 atom stereocenters. The third kappa shape index (κ3) is 7.46. The fourth-order valence-corrected chi connectivity index (χ4v) is 7.10. The summed E-state index contributed by atoms with van der Waals surface area (Å²) in [7, 11) is 0. The van der Waals surface area contributed by atoms with Crippen LogP contribution in [-0.4, -0.2) is 95.5 Å². The molecular formula is C29H38F3N5OS. The molecule has 2 aromatic rings.